The molecule has 3 rings (SSSR count). The predicted octanol–water partition coefficient (Wildman–Crippen LogP) is 5.70. The van der Waals surface area contributed by atoms with Crippen LogP contribution in [0.4, 0.5) is 5.13 Å². The van der Waals surface area contributed by atoms with Crippen LogP contribution in [0, 0.1) is 0 Å². The van der Waals surface area contributed by atoms with Gasteiger partial charge in [-0.2, -0.15) is 5.10 Å². The standard InChI is InChI=1S/C19H18ClN3OS/c1-2-11-24-17-9-3-14(4-10-17)12-21-23-19-22-18(13-25-19)15-5-7-16(20)8-6-15/h3-10,12-13H,2,11H2,1H3,(H,22,23). The van der Waals surface area contributed by atoms with Crippen molar-refractivity contribution in [2.24, 2.45) is 5.10 Å². The van der Waals surface area contributed by atoms with Crippen LogP contribution in [0.15, 0.2) is 59.0 Å². The summed E-state index contributed by atoms with van der Waals surface area (Å²) in [6.45, 7) is 2.82. The minimum Gasteiger partial charge on any atom is -0.494 e. The molecule has 1 N–H and O–H groups in total. The summed E-state index contributed by atoms with van der Waals surface area (Å²) < 4.78 is 5.56. The molecule has 0 bridgehead atoms. The lowest BCUT2D eigenvalue weighted by atomic mass is 10.2. The van der Waals surface area contributed by atoms with E-state index in [1.54, 1.807) is 6.21 Å². The molecule has 1 heterocycles. The molecule has 0 aliphatic carbocycles. The zero-order chi connectivity index (χ0) is 17.5. The number of halogens is 1. The van der Waals surface area contributed by atoms with Crippen LogP contribution in [-0.2, 0) is 0 Å². The molecule has 4 nitrogen and oxygen atoms in total. The fraction of sp³-hybridized carbons (Fsp3) is 0.158. The summed E-state index contributed by atoms with van der Waals surface area (Å²) in [6, 6.07) is 15.4. The lowest BCUT2D eigenvalue weighted by molar-refractivity contribution is 0.317. The van der Waals surface area contributed by atoms with E-state index in [4.69, 9.17) is 16.3 Å². The van der Waals surface area contributed by atoms with Gasteiger partial charge in [0.05, 0.1) is 18.5 Å². The molecule has 6 heteroatoms. The molecule has 25 heavy (non-hydrogen) atoms. The Balaban J connectivity index is 1.58. The van der Waals surface area contributed by atoms with Gasteiger partial charge in [0.1, 0.15) is 5.75 Å². The number of aromatic nitrogens is 1. The van der Waals surface area contributed by atoms with Gasteiger partial charge in [0.2, 0.25) is 5.13 Å². The molecule has 0 fully saturated rings. The Morgan fingerprint density at radius 1 is 1.16 bits per heavy atom. The largest absolute Gasteiger partial charge is 0.494 e. The summed E-state index contributed by atoms with van der Waals surface area (Å²) in [5.41, 5.74) is 5.88. The summed E-state index contributed by atoms with van der Waals surface area (Å²) >= 11 is 7.41. The first kappa shape index (κ1) is 17.5. The molecular weight excluding hydrogens is 354 g/mol. The quantitative estimate of drug-likeness (QED) is 0.428. The molecule has 0 aliphatic rings. The van der Waals surface area contributed by atoms with Gasteiger partial charge < -0.3 is 4.74 Å². The van der Waals surface area contributed by atoms with Gasteiger partial charge >= 0.3 is 0 Å². The number of anilines is 1. The third kappa shape index (κ3) is 5.05. The molecule has 1 aromatic heterocycles. The van der Waals surface area contributed by atoms with Gasteiger partial charge in [0.25, 0.3) is 0 Å². The fourth-order valence-corrected chi connectivity index (χ4v) is 2.90. The van der Waals surface area contributed by atoms with Crippen molar-refractivity contribution in [3.05, 3.63) is 64.5 Å². The van der Waals surface area contributed by atoms with E-state index < -0.39 is 0 Å². The highest BCUT2D eigenvalue weighted by Gasteiger charge is 2.03. The third-order valence-electron chi connectivity index (χ3n) is 3.37. The summed E-state index contributed by atoms with van der Waals surface area (Å²) in [4.78, 5) is 4.52. The molecule has 0 spiro atoms. The Hall–Kier alpha value is -2.37. The fourth-order valence-electron chi connectivity index (χ4n) is 2.11. The van der Waals surface area contributed by atoms with E-state index in [0.717, 1.165) is 40.7 Å². The molecule has 2 aromatic carbocycles. The second-order valence-electron chi connectivity index (χ2n) is 5.33. The van der Waals surface area contributed by atoms with Crippen LogP contribution in [0.5, 0.6) is 5.75 Å². The van der Waals surface area contributed by atoms with Crippen molar-refractivity contribution in [3.63, 3.8) is 0 Å². The highest BCUT2D eigenvalue weighted by Crippen LogP contribution is 2.25. The van der Waals surface area contributed by atoms with E-state index in [0.29, 0.717) is 5.02 Å². The highest BCUT2D eigenvalue weighted by molar-refractivity contribution is 7.14. The number of hydrazone groups is 1. The number of nitrogens with one attached hydrogen (secondary N) is 1. The molecule has 0 saturated carbocycles. The Labute approximate surface area is 156 Å². The first-order valence-electron chi connectivity index (χ1n) is 7.98. The summed E-state index contributed by atoms with van der Waals surface area (Å²) in [5.74, 6) is 0.875. The molecular formula is C19H18ClN3OS. The second-order valence-corrected chi connectivity index (χ2v) is 6.63. The zero-order valence-corrected chi connectivity index (χ0v) is 15.3. The van der Waals surface area contributed by atoms with Gasteiger partial charge in [-0.1, -0.05) is 30.7 Å². The molecule has 0 saturated heterocycles. The summed E-state index contributed by atoms with van der Waals surface area (Å²) in [6.07, 6.45) is 2.76. The molecule has 0 amide bonds. The van der Waals surface area contributed by atoms with Gasteiger partial charge in [0, 0.05) is 16.0 Å². The van der Waals surface area contributed by atoms with Crippen LogP contribution in [0.2, 0.25) is 5.02 Å². The van der Waals surface area contributed by atoms with Gasteiger partial charge in [-0.15, -0.1) is 11.3 Å². The van der Waals surface area contributed by atoms with Crippen LogP contribution in [0.3, 0.4) is 0 Å². The maximum Gasteiger partial charge on any atom is 0.203 e. The Bertz CT molecular complexity index is 829. The smallest absolute Gasteiger partial charge is 0.203 e. The maximum absolute atomic E-state index is 5.91. The summed E-state index contributed by atoms with van der Waals surface area (Å²) in [5, 5.41) is 7.68. The normalized spacial score (nSPS) is 11.0. The Morgan fingerprint density at radius 2 is 1.92 bits per heavy atom. The van der Waals surface area contributed by atoms with Gasteiger partial charge in [0.15, 0.2) is 0 Å². The van der Waals surface area contributed by atoms with E-state index in [1.165, 1.54) is 11.3 Å². The topological polar surface area (TPSA) is 46.5 Å². The molecule has 0 atom stereocenters. The summed E-state index contributed by atoms with van der Waals surface area (Å²) in [7, 11) is 0. The van der Waals surface area contributed by atoms with Crippen LogP contribution in [0.1, 0.15) is 18.9 Å². The molecule has 3 aromatic rings. The van der Waals surface area contributed by atoms with E-state index in [1.807, 2.05) is 53.9 Å². The molecule has 0 unspecified atom stereocenters. The van der Waals surface area contributed by atoms with Gasteiger partial charge in [-0.3, -0.25) is 5.43 Å². The maximum atomic E-state index is 5.91. The SMILES string of the molecule is CCCOc1ccc(C=NNc2nc(-c3ccc(Cl)cc3)cs2)cc1. The van der Waals surface area contributed by atoms with Gasteiger partial charge in [-0.05, 0) is 48.4 Å². The van der Waals surface area contributed by atoms with Crippen molar-refractivity contribution in [2.75, 3.05) is 12.0 Å². The molecule has 0 aliphatic heterocycles. The average Bonchev–Trinajstić information content (AvgIpc) is 3.10. The van der Waals surface area contributed by atoms with Crippen molar-refractivity contribution in [3.8, 4) is 17.0 Å². The van der Waals surface area contributed by atoms with Crippen LogP contribution in [0.25, 0.3) is 11.3 Å². The van der Waals surface area contributed by atoms with Crippen LogP contribution in [-0.4, -0.2) is 17.8 Å². The Kier molecular flexibility index (Phi) is 6.04. The van der Waals surface area contributed by atoms with E-state index in [2.05, 4.69) is 22.4 Å². The van der Waals surface area contributed by atoms with E-state index >= 15 is 0 Å². The zero-order valence-electron chi connectivity index (χ0n) is 13.8. The molecule has 128 valence electrons. The van der Waals surface area contributed by atoms with Crippen molar-refractivity contribution in [1.82, 2.24) is 4.98 Å². The van der Waals surface area contributed by atoms with Crippen molar-refractivity contribution < 1.29 is 4.74 Å². The molecule has 0 radical (unpaired) electrons. The second kappa shape index (κ2) is 8.65. The lowest BCUT2D eigenvalue weighted by Crippen LogP contribution is -1.95. The average molecular weight is 372 g/mol. The predicted molar refractivity (Wildman–Crippen MR) is 106 cm³/mol. The minimum atomic E-state index is 0.716. The van der Waals surface area contributed by atoms with E-state index in [-0.39, 0.29) is 0 Å². The van der Waals surface area contributed by atoms with E-state index in [9.17, 15) is 0 Å². The number of thiazole rings is 1. The number of hydrogen-bond donors (Lipinski definition) is 1. The highest BCUT2D eigenvalue weighted by atomic mass is 35.5. The van der Waals surface area contributed by atoms with Crippen LogP contribution >= 0.6 is 22.9 Å². The lowest BCUT2D eigenvalue weighted by Gasteiger charge is -2.03. The minimum absolute atomic E-state index is 0.716. The van der Waals surface area contributed by atoms with Crippen LogP contribution < -0.4 is 10.2 Å². The number of nitrogens with zero attached hydrogens (tertiary/aromatic N) is 2. The number of hydrogen-bond acceptors (Lipinski definition) is 5. The number of ether oxygens (including phenoxy) is 1. The monoisotopic (exact) mass is 371 g/mol. The van der Waals surface area contributed by atoms with Crippen molar-refractivity contribution in [1.29, 1.82) is 0 Å². The van der Waals surface area contributed by atoms with Gasteiger partial charge in [-0.25, -0.2) is 4.98 Å². The number of rotatable bonds is 7. The first-order chi connectivity index (χ1) is 12.2. The Morgan fingerprint density at radius 3 is 2.64 bits per heavy atom. The van der Waals surface area contributed by atoms with Crippen molar-refractivity contribution in [2.45, 2.75) is 13.3 Å². The first-order valence-corrected chi connectivity index (χ1v) is 9.24. The number of benzene rings is 2. The third-order valence-corrected chi connectivity index (χ3v) is 4.37. The van der Waals surface area contributed by atoms with Crippen molar-refractivity contribution >= 4 is 34.3 Å².